The van der Waals surface area contributed by atoms with Crippen molar-refractivity contribution in [3.8, 4) is 0 Å². The monoisotopic (exact) mass is 210 g/mol. The number of rotatable bonds is 1. The van der Waals surface area contributed by atoms with Crippen LogP contribution >= 0.6 is 0 Å². The van der Waals surface area contributed by atoms with Crippen LogP contribution < -0.4 is 5.32 Å². The van der Waals surface area contributed by atoms with Gasteiger partial charge in [0, 0.05) is 31.1 Å². The summed E-state index contributed by atoms with van der Waals surface area (Å²) in [4.78, 5) is 14.4. The van der Waals surface area contributed by atoms with E-state index in [4.69, 9.17) is 0 Å². The molecular formula is C12H22N2O. The lowest BCUT2D eigenvalue weighted by Crippen LogP contribution is -2.57. The summed E-state index contributed by atoms with van der Waals surface area (Å²) in [7, 11) is 0. The highest BCUT2D eigenvalue weighted by Crippen LogP contribution is 2.52. The van der Waals surface area contributed by atoms with E-state index >= 15 is 0 Å². The van der Waals surface area contributed by atoms with Crippen molar-refractivity contribution in [3.63, 3.8) is 0 Å². The van der Waals surface area contributed by atoms with Crippen LogP contribution in [0.1, 0.15) is 34.1 Å². The van der Waals surface area contributed by atoms with Crippen LogP contribution in [0, 0.1) is 11.3 Å². The fourth-order valence-corrected chi connectivity index (χ4v) is 2.64. The van der Waals surface area contributed by atoms with E-state index in [1.165, 1.54) is 0 Å². The summed E-state index contributed by atoms with van der Waals surface area (Å²) in [5.41, 5.74) is 0.251. The standard InChI is InChI=1S/C12H22N2O/c1-8-6-13-7-9(2)14(8)11(15)10-5-12(10,3)4/h8-10,13H,5-7H2,1-4H3. The molecule has 1 amide bonds. The lowest BCUT2D eigenvalue weighted by molar-refractivity contribution is -0.138. The Hall–Kier alpha value is -0.570. The Morgan fingerprint density at radius 3 is 2.13 bits per heavy atom. The normalized spacial score (nSPS) is 38.9. The molecule has 1 aliphatic carbocycles. The van der Waals surface area contributed by atoms with Gasteiger partial charge in [0.2, 0.25) is 5.91 Å². The molecule has 3 heteroatoms. The van der Waals surface area contributed by atoms with Crippen molar-refractivity contribution >= 4 is 5.91 Å². The van der Waals surface area contributed by atoms with E-state index in [0.29, 0.717) is 18.0 Å². The van der Waals surface area contributed by atoms with Gasteiger partial charge in [0.05, 0.1) is 0 Å². The number of carbonyl (C=O) groups excluding carboxylic acids is 1. The summed E-state index contributed by atoms with van der Waals surface area (Å²) in [5, 5.41) is 3.36. The molecule has 3 unspecified atom stereocenters. The zero-order valence-corrected chi connectivity index (χ0v) is 10.2. The number of amides is 1. The fraction of sp³-hybridized carbons (Fsp3) is 0.917. The molecule has 3 atom stereocenters. The number of hydrogen-bond acceptors (Lipinski definition) is 2. The van der Waals surface area contributed by atoms with Gasteiger partial charge in [-0.15, -0.1) is 0 Å². The van der Waals surface area contributed by atoms with Crippen molar-refractivity contribution in [1.29, 1.82) is 0 Å². The molecule has 1 saturated carbocycles. The molecule has 0 spiro atoms. The van der Waals surface area contributed by atoms with Crippen LogP contribution in [0.25, 0.3) is 0 Å². The first-order chi connectivity index (χ1) is 6.93. The number of nitrogens with one attached hydrogen (secondary N) is 1. The molecule has 2 aliphatic rings. The van der Waals surface area contributed by atoms with E-state index in [1.807, 2.05) is 0 Å². The highest BCUT2D eigenvalue weighted by molar-refractivity contribution is 5.83. The van der Waals surface area contributed by atoms with Crippen molar-refractivity contribution in [2.45, 2.75) is 46.2 Å². The lowest BCUT2D eigenvalue weighted by Gasteiger charge is -2.40. The number of carbonyl (C=O) groups is 1. The van der Waals surface area contributed by atoms with E-state index in [-0.39, 0.29) is 11.3 Å². The summed E-state index contributed by atoms with van der Waals surface area (Å²) in [6.45, 7) is 10.5. The first-order valence-electron chi connectivity index (χ1n) is 5.96. The number of piperazine rings is 1. The second-order valence-corrected chi connectivity index (χ2v) is 5.85. The Bertz CT molecular complexity index is 265. The SMILES string of the molecule is CC1CNCC(C)N1C(=O)C1CC1(C)C. The zero-order valence-electron chi connectivity index (χ0n) is 10.2. The van der Waals surface area contributed by atoms with Crippen molar-refractivity contribution in [2.75, 3.05) is 13.1 Å². The number of hydrogen-bond donors (Lipinski definition) is 1. The minimum atomic E-state index is 0.251. The molecule has 1 N–H and O–H groups in total. The first kappa shape index (κ1) is 10.9. The molecule has 15 heavy (non-hydrogen) atoms. The maximum absolute atomic E-state index is 12.3. The summed E-state index contributed by atoms with van der Waals surface area (Å²) in [6, 6.07) is 0.690. The molecule has 2 fully saturated rings. The van der Waals surface area contributed by atoms with Gasteiger partial charge in [0.15, 0.2) is 0 Å². The van der Waals surface area contributed by atoms with Crippen LogP contribution in [0.2, 0.25) is 0 Å². The third-order valence-corrected chi connectivity index (χ3v) is 3.90. The quantitative estimate of drug-likeness (QED) is 0.706. The van der Waals surface area contributed by atoms with Gasteiger partial charge in [-0.2, -0.15) is 0 Å². The molecule has 0 bridgehead atoms. The highest BCUT2D eigenvalue weighted by atomic mass is 16.2. The average Bonchev–Trinajstić information content (AvgIpc) is 2.74. The van der Waals surface area contributed by atoms with Crippen LogP contribution in [-0.4, -0.2) is 36.0 Å². The molecule has 1 saturated heterocycles. The Morgan fingerprint density at radius 2 is 1.73 bits per heavy atom. The van der Waals surface area contributed by atoms with E-state index in [1.54, 1.807) is 0 Å². The number of nitrogens with zero attached hydrogens (tertiary/aromatic N) is 1. The van der Waals surface area contributed by atoms with Crippen molar-refractivity contribution in [1.82, 2.24) is 10.2 Å². The Balaban J connectivity index is 2.05. The predicted molar refractivity (Wildman–Crippen MR) is 60.5 cm³/mol. The average molecular weight is 210 g/mol. The molecule has 1 heterocycles. The molecule has 1 aliphatic heterocycles. The first-order valence-corrected chi connectivity index (χ1v) is 5.96. The molecule has 86 valence electrons. The topological polar surface area (TPSA) is 32.3 Å². The molecule has 0 aromatic heterocycles. The third-order valence-electron chi connectivity index (χ3n) is 3.90. The zero-order chi connectivity index (χ0) is 11.2. The van der Waals surface area contributed by atoms with Gasteiger partial charge in [0.25, 0.3) is 0 Å². The van der Waals surface area contributed by atoms with Gasteiger partial charge < -0.3 is 10.2 Å². The molecule has 0 aromatic rings. The van der Waals surface area contributed by atoms with Crippen LogP contribution in [0.15, 0.2) is 0 Å². The van der Waals surface area contributed by atoms with Crippen molar-refractivity contribution < 1.29 is 4.79 Å². The molecule has 3 nitrogen and oxygen atoms in total. The van der Waals surface area contributed by atoms with E-state index in [9.17, 15) is 4.79 Å². The predicted octanol–water partition coefficient (Wildman–Crippen LogP) is 1.24. The second-order valence-electron chi connectivity index (χ2n) is 5.85. The van der Waals surface area contributed by atoms with Gasteiger partial charge in [-0.3, -0.25) is 4.79 Å². The van der Waals surface area contributed by atoms with Crippen molar-refractivity contribution in [3.05, 3.63) is 0 Å². The van der Waals surface area contributed by atoms with Crippen LogP contribution in [0.3, 0.4) is 0 Å². The van der Waals surface area contributed by atoms with Gasteiger partial charge >= 0.3 is 0 Å². The molecule has 0 aromatic carbocycles. The van der Waals surface area contributed by atoms with Gasteiger partial charge in [-0.25, -0.2) is 0 Å². The summed E-state index contributed by atoms with van der Waals surface area (Å²) in [6.07, 6.45) is 1.06. The maximum Gasteiger partial charge on any atom is 0.226 e. The second kappa shape index (κ2) is 3.48. The highest BCUT2D eigenvalue weighted by Gasteiger charge is 2.53. The summed E-state index contributed by atoms with van der Waals surface area (Å²) in [5.74, 6) is 0.655. The smallest absolute Gasteiger partial charge is 0.226 e. The molecule has 2 rings (SSSR count). The van der Waals surface area contributed by atoms with Gasteiger partial charge in [0.1, 0.15) is 0 Å². The van der Waals surface area contributed by atoms with E-state index < -0.39 is 0 Å². The third kappa shape index (κ3) is 1.89. The minimum Gasteiger partial charge on any atom is -0.334 e. The van der Waals surface area contributed by atoms with E-state index in [0.717, 1.165) is 19.5 Å². The largest absolute Gasteiger partial charge is 0.334 e. The Labute approximate surface area is 92.2 Å². The van der Waals surface area contributed by atoms with Crippen LogP contribution in [0.4, 0.5) is 0 Å². The van der Waals surface area contributed by atoms with Crippen LogP contribution in [-0.2, 0) is 4.79 Å². The lowest BCUT2D eigenvalue weighted by atomic mass is 10.1. The van der Waals surface area contributed by atoms with Crippen molar-refractivity contribution in [2.24, 2.45) is 11.3 Å². The maximum atomic E-state index is 12.3. The van der Waals surface area contributed by atoms with Crippen LogP contribution in [0.5, 0.6) is 0 Å². The summed E-state index contributed by atoms with van der Waals surface area (Å²) < 4.78 is 0. The Kier molecular flexibility index (Phi) is 2.53. The van der Waals surface area contributed by atoms with Gasteiger partial charge in [-0.1, -0.05) is 13.8 Å². The summed E-state index contributed by atoms with van der Waals surface area (Å²) >= 11 is 0. The van der Waals surface area contributed by atoms with E-state index in [2.05, 4.69) is 37.9 Å². The fourth-order valence-electron chi connectivity index (χ4n) is 2.64. The molecule has 0 radical (unpaired) electrons. The Morgan fingerprint density at radius 1 is 1.27 bits per heavy atom. The molecular weight excluding hydrogens is 188 g/mol. The minimum absolute atomic E-state index is 0.251. The van der Waals surface area contributed by atoms with Gasteiger partial charge in [-0.05, 0) is 25.7 Å².